The highest BCUT2D eigenvalue weighted by atomic mass is 35.5. The van der Waals surface area contributed by atoms with E-state index in [0.717, 1.165) is 30.0 Å². The Labute approximate surface area is 106 Å². The van der Waals surface area contributed by atoms with Gasteiger partial charge in [-0.05, 0) is 24.9 Å². The molecule has 0 aliphatic heterocycles. The van der Waals surface area contributed by atoms with Crippen molar-refractivity contribution in [3.8, 4) is 0 Å². The summed E-state index contributed by atoms with van der Waals surface area (Å²) >= 11 is 7.95. The Balaban J connectivity index is 2.69. The van der Waals surface area contributed by atoms with Crippen LogP contribution in [0.3, 0.4) is 0 Å². The van der Waals surface area contributed by atoms with Crippen LogP contribution in [0.4, 0.5) is 0 Å². The van der Waals surface area contributed by atoms with Crippen LogP contribution >= 0.6 is 23.4 Å². The van der Waals surface area contributed by atoms with E-state index >= 15 is 0 Å². The highest BCUT2D eigenvalue weighted by Gasteiger charge is 2.16. The smallest absolute Gasteiger partial charge is 0.0850 e. The lowest BCUT2D eigenvalue weighted by Crippen LogP contribution is -2.14. The molecule has 0 saturated heterocycles. The summed E-state index contributed by atoms with van der Waals surface area (Å²) in [4.78, 5) is 0. The monoisotopic (exact) mass is 262 g/mol. The Morgan fingerprint density at radius 1 is 1.56 bits per heavy atom. The van der Waals surface area contributed by atoms with Crippen LogP contribution in [0.2, 0.25) is 5.02 Å². The van der Waals surface area contributed by atoms with Crippen molar-refractivity contribution < 1.29 is 5.11 Å². The third-order valence-electron chi connectivity index (χ3n) is 2.59. The summed E-state index contributed by atoms with van der Waals surface area (Å²) in [7, 11) is 1.88. The molecule has 1 N–H and O–H groups in total. The zero-order chi connectivity index (χ0) is 12.1. The summed E-state index contributed by atoms with van der Waals surface area (Å²) in [6.07, 6.45) is 3.92. The van der Waals surface area contributed by atoms with Gasteiger partial charge in [0, 0.05) is 13.5 Å². The lowest BCUT2D eigenvalue weighted by atomic mass is 10.1. The molecule has 0 bridgehead atoms. The number of hydrogen-bond acceptors (Lipinski definition) is 3. The van der Waals surface area contributed by atoms with Crippen LogP contribution in [-0.2, 0) is 19.9 Å². The topological polar surface area (TPSA) is 38.0 Å². The first kappa shape index (κ1) is 13.9. The van der Waals surface area contributed by atoms with E-state index in [4.69, 9.17) is 11.6 Å². The Kier molecular flexibility index (Phi) is 5.66. The standard InChI is InChI=1S/C11H19ClN2OS/c1-4-9-11(12)10(14(2)13-9)7-8(15)5-6-16-3/h8,15H,4-7H2,1-3H3. The summed E-state index contributed by atoms with van der Waals surface area (Å²) in [5.41, 5.74) is 1.85. The van der Waals surface area contributed by atoms with Gasteiger partial charge in [0.1, 0.15) is 0 Å². The molecular formula is C11H19ClN2OS. The van der Waals surface area contributed by atoms with Crippen molar-refractivity contribution in [2.75, 3.05) is 12.0 Å². The van der Waals surface area contributed by atoms with E-state index in [2.05, 4.69) is 5.10 Å². The molecule has 0 fully saturated rings. The first-order valence-corrected chi connectivity index (χ1v) is 7.24. The number of aliphatic hydroxyl groups excluding tert-OH is 1. The minimum atomic E-state index is -0.329. The highest BCUT2D eigenvalue weighted by Crippen LogP contribution is 2.22. The van der Waals surface area contributed by atoms with Crippen molar-refractivity contribution in [3.05, 3.63) is 16.4 Å². The van der Waals surface area contributed by atoms with Crippen LogP contribution in [0.5, 0.6) is 0 Å². The molecule has 0 aromatic carbocycles. The molecule has 0 aliphatic rings. The Morgan fingerprint density at radius 3 is 2.75 bits per heavy atom. The molecule has 0 spiro atoms. The number of rotatable bonds is 6. The molecule has 0 aliphatic carbocycles. The molecule has 1 heterocycles. The first-order valence-electron chi connectivity index (χ1n) is 5.47. The number of halogens is 1. The number of aromatic nitrogens is 2. The van der Waals surface area contributed by atoms with Gasteiger partial charge in [0.2, 0.25) is 0 Å². The normalized spacial score (nSPS) is 13.1. The van der Waals surface area contributed by atoms with Gasteiger partial charge in [0.15, 0.2) is 0 Å². The zero-order valence-electron chi connectivity index (χ0n) is 10.0. The molecule has 1 aromatic heterocycles. The molecule has 92 valence electrons. The summed E-state index contributed by atoms with van der Waals surface area (Å²) < 4.78 is 1.78. The van der Waals surface area contributed by atoms with Gasteiger partial charge >= 0.3 is 0 Å². The summed E-state index contributed by atoms with van der Waals surface area (Å²) in [5, 5.41) is 14.9. The number of thioether (sulfide) groups is 1. The van der Waals surface area contributed by atoms with E-state index in [-0.39, 0.29) is 6.10 Å². The van der Waals surface area contributed by atoms with Gasteiger partial charge < -0.3 is 5.11 Å². The lowest BCUT2D eigenvalue weighted by molar-refractivity contribution is 0.169. The quantitative estimate of drug-likeness (QED) is 0.855. The van der Waals surface area contributed by atoms with Gasteiger partial charge in [-0.1, -0.05) is 18.5 Å². The van der Waals surface area contributed by atoms with Crippen molar-refractivity contribution in [2.45, 2.75) is 32.3 Å². The number of aliphatic hydroxyl groups is 1. The largest absolute Gasteiger partial charge is 0.393 e. The molecule has 1 unspecified atom stereocenters. The van der Waals surface area contributed by atoms with Crippen molar-refractivity contribution in [2.24, 2.45) is 7.05 Å². The van der Waals surface area contributed by atoms with Crippen LogP contribution in [0.15, 0.2) is 0 Å². The molecule has 1 aromatic rings. The summed E-state index contributed by atoms with van der Waals surface area (Å²) in [5.74, 6) is 0.970. The van der Waals surface area contributed by atoms with Gasteiger partial charge in [-0.15, -0.1) is 0 Å². The molecule has 5 heteroatoms. The maximum absolute atomic E-state index is 9.85. The third-order valence-corrected chi connectivity index (χ3v) is 3.67. The maximum atomic E-state index is 9.85. The van der Waals surface area contributed by atoms with E-state index < -0.39 is 0 Å². The first-order chi connectivity index (χ1) is 7.60. The van der Waals surface area contributed by atoms with Crippen LogP contribution < -0.4 is 0 Å². The minimum Gasteiger partial charge on any atom is -0.393 e. The second-order valence-electron chi connectivity index (χ2n) is 3.82. The average Bonchev–Trinajstić information content (AvgIpc) is 2.53. The van der Waals surface area contributed by atoms with Crippen LogP contribution in [0.1, 0.15) is 24.7 Å². The van der Waals surface area contributed by atoms with Crippen LogP contribution in [0.25, 0.3) is 0 Å². The summed E-state index contributed by atoms with van der Waals surface area (Å²) in [6.45, 7) is 2.03. The van der Waals surface area contributed by atoms with Gasteiger partial charge in [-0.3, -0.25) is 4.68 Å². The fourth-order valence-electron chi connectivity index (χ4n) is 1.62. The Hall–Kier alpha value is -0.190. The van der Waals surface area contributed by atoms with Crippen molar-refractivity contribution in [1.82, 2.24) is 9.78 Å². The molecule has 3 nitrogen and oxygen atoms in total. The second-order valence-corrected chi connectivity index (χ2v) is 5.19. The zero-order valence-corrected chi connectivity index (χ0v) is 11.6. The molecule has 0 saturated carbocycles. The number of nitrogens with zero attached hydrogens (tertiary/aromatic N) is 2. The van der Waals surface area contributed by atoms with Gasteiger partial charge in [0.25, 0.3) is 0 Å². The van der Waals surface area contributed by atoms with Gasteiger partial charge in [-0.25, -0.2) is 0 Å². The number of aryl methyl sites for hydroxylation is 2. The Bertz CT molecular complexity index is 341. The van der Waals surface area contributed by atoms with Crippen LogP contribution in [-0.4, -0.2) is 33.0 Å². The van der Waals surface area contributed by atoms with E-state index in [1.165, 1.54) is 0 Å². The van der Waals surface area contributed by atoms with Crippen molar-refractivity contribution in [3.63, 3.8) is 0 Å². The van der Waals surface area contributed by atoms with Crippen LogP contribution in [0, 0.1) is 0 Å². The maximum Gasteiger partial charge on any atom is 0.0850 e. The highest BCUT2D eigenvalue weighted by molar-refractivity contribution is 7.98. The predicted molar refractivity (Wildman–Crippen MR) is 70.3 cm³/mol. The molecule has 16 heavy (non-hydrogen) atoms. The van der Waals surface area contributed by atoms with E-state index in [1.54, 1.807) is 16.4 Å². The lowest BCUT2D eigenvalue weighted by Gasteiger charge is -2.10. The van der Waals surface area contributed by atoms with Crippen molar-refractivity contribution in [1.29, 1.82) is 0 Å². The summed E-state index contributed by atoms with van der Waals surface area (Å²) in [6, 6.07) is 0. The van der Waals surface area contributed by atoms with E-state index in [9.17, 15) is 5.11 Å². The average molecular weight is 263 g/mol. The molecule has 1 atom stereocenters. The second kappa shape index (κ2) is 6.52. The third kappa shape index (κ3) is 3.40. The molecule has 0 amide bonds. The SMILES string of the molecule is CCc1nn(C)c(CC(O)CCSC)c1Cl. The fourth-order valence-corrected chi connectivity index (χ4v) is 2.50. The predicted octanol–water partition coefficient (Wildman–Crippen LogP) is 2.29. The Morgan fingerprint density at radius 2 is 2.25 bits per heavy atom. The molecule has 1 rings (SSSR count). The fraction of sp³-hybridized carbons (Fsp3) is 0.727. The van der Waals surface area contributed by atoms with Crippen molar-refractivity contribution >= 4 is 23.4 Å². The molecule has 0 radical (unpaired) electrons. The van der Waals surface area contributed by atoms with Gasteiger partial charge in [0.05, 0.1) is 22.5 Å². The number of hydrogen-bond donors (Lipinski definition) is 1. The molecular weight excluding hydrogens is 244 g/mol. The minimum absolute atomic E-state index is 0.329. The van der Waals surface area contributed by atoms with E-state index in [1.807, 2.05) is 20.2 Å². The van der Waals surface area contributed by atoms with E-state index in [0.29, 0.717) is 11.4 Å². The van der Waals surface area contributed by atoms with Gasteiger partial charge in [-0.2, -0.15) is 16.9 Å².